The summed E-state index contributed by atoms with van der Waals surface area (Å²) in [6, 6.07) is 12.2. The summed E-state index contributed by atoms with van der Waals surface area (Å²) >= 11 is 12.1. The van der Waals surface area contributed by atoms with Crippen molar-refractivity contribution >= 4 is 29.1 Å². The van der Waals surface area contributed by atoms with Crippen molar-refractivity contribution in [3.63, 3.8) is 0 Å². The average molecular weight is 404 g/mol. The van der Waals surface area contributed by atoms with Crippen LogP contribution in [-0.2, 0) is 18.3 Å². The summed E-state index contributed by atoms with van der Waals surface area (Å²) in [5.41, 5.74) is 1.62. The Morgan fingerprint density at radius 2 is 1.96 bits per heavy atom. The Kier molecular flexibility index (Phi) is 6.04. The number of carbonyl (C=O) groups is 1. The molecule has 1 N–H and O–H groups in total. The van der Waals surface area contributed by atoms with Gasteiger partial charge in [0.1, 0.15) is 17.6 Å². The number of nitrogens with one attached hydrogen (secondary N) is 1. The Morgan fingerprint density at radius 3 is 2.56 bits per heavy atom. The first-order valence-electron chi connectivity index (χ1n) is 8.32. The van der Waals surface area contributed by atoms with Crippen LogP contribution in [0.4, 0.5) is 0 Å². The Bertz CT molecular complexity index is 939. The number of aryl methyl sites for hydroxylation is 1. The number of methoxy groups -OCH3 is 1. The number of carbonyl (C=O) groups excluding carboxylic acids is 1. The largest absolute Gasteiger partial charge is 0.497 e. The standard InChI is InChI=1S/C20H19Cl2N3O2/c1-25-10-9-23-20(25)19(13-4-7-16(27-2)8-5-13)24-18(26)11-14-3-6-15(21)12-17(14)22/h3-10,12,19H,11H2,1-2H3,(H,24,26)/t19-/m0/s1. The van der Waals surface area contributed by atoms with E-state index in [0.29, 0.717) is 15.6 Å². The fourth-order valence-electron chi connectivity index (χ4n) is 2.80. The molecule has 1 heterocycles. The first-order chi connectivity index (χ1) is 13.0. The van der Waals surface area contributed by atoms with Gasteiger partial charge < -0.3 is 14.6 Å². The number of halogens is 2. The molecule has 1 atom stereocenters. The maximum atomic E-state index is 12.7. The summed E-state index contributed by atoms with van der Waals surface area (Å²) < 4.78 is 7.09. The second-order valence-corrected chi connectivity index (χ2v) is 6.93. The van der Waals surface area contributed by atoms with E-state index in [0.717, 1.165) is 17.1 Å². The lowest BCUT2D eigenvalue weighted by molar-refractivity contribution is -0.121. The summed E-state index contributed by atoms with van der Waals surface area (Å²) in [5, 5.41) is 4.05. The van der Waals surface area contributed by atoms with Crippen molar-refractivity contribution in [2.75, 3.05) is 7.11 Å². The Hall–Kier alpha value is -2.50. The van der Waals surface area contributed by atoms with Gasteiger partial charge >= 0.3 is 0 Å². The molecule has 0 aliphatic heterocycles. The van der Waals surface area contributed by atoms with Gasteiger partial charge in [-0.2, -0.15) is 0 Å². The molecule has 0 aliphatic rings. The normalized spacial score (nSPS) is 11.9. The maximum absolute atomic E-state index is 12.7. The Labute approximate surface area is 167 Å². The Balaban J connectivity index is 1.84. The number of nitrogens with zero attached hydrogens (tertiary/aromatic N) is 2. The van der Waals surface area contributed by atoms with Crippen molar-refractivity contribution in [1.29, 1.82) is 0 Å². The summed E-state index contributed by atoms with van der Waals surface area (Å²) in [6.07, 6.45) is 3.69. The van der Waals surface area contributed by atoms with E-state index in [9.17, 15) is 4.79 Å². The molecule has 0 saturated heterocycles. The van der Waals surface area contributed by atoms with Crippen molar-refractivity contribution in [1.82, 2.24) is 14.9 Å². The molecule has 0 spiro atoms. The molecule has 0 radical (unpaired) electrons. The minimum Gasteiger partial charge on any atom is -0.497 e. The second-order valence-electron chi connectivity index (χ2n) is 6.08. The molecule has 7 heteroatoms. The lowest BCUT2D eigenvalue weighted by Crippen LogP contribution is -2.32. The highest BCUT2D eigenvalue weighted by Crippen LogP contribution is 2.24. The van der Waals surface area contributed by atoms with Gasteiger partial charge in [0, 0.05) is 29.5 Å². The van der Waals surface area contributed by atoms with E-state index in [-0.39, 0.29) is 12.3 Å². The van der Waals surface area contributed by atoms with Gasteiger partial charge in [0.25, 0.3) is 0 Å². The van der Waals surface area contributed by atoms with E-state index >= 15 is 0 Å². The zero-order valence-corrected chi connectivity index (χ0v) is 16.5. The third kappa shape index (κ3) is 4.62. The number of ether oxygens (including phenoxy) is 1. The molecule has 1 aromatic heterocycles. The predicted octanol–water partition coefficient (Wildman–Crippen LogP) is 4.18. The van der Waals surface area contributed by atoms with Gasteiger partial charge in [0.2, 0.25) is 5.91 Å². The average Bonchev–Trinajstić information content (AvgIpc) is 3.08. The molecule has 0 unspecified atom stereocenters. The van der Waals surface area contributed by atoms with Gasteiger partial charge in [0.05, 0.1) is 13.5 Å². The maximum Gasteiger partial charge on any atom is 0.225 e. The van der Waals surface area contributed by atoms with Crippen molar-refractivity contribution in [2.45, 2.75) is 12.5 Å². The molecule has 0 saturated carbocycles. The fraction of sp³-hybridized carbons (Fsp3) is 0.200. The van der Waals surface area contributed by atoms with Crippen LogP contribution in [0.15, 0.2) is 54.9 Å². The number of benzene rings is 2. The number of hydrogen-bond donors (Lipinski definition) is 1. The number of hydrogen-bond acceptors (Lipinski definition) is 3. The van der Waals surface area contributed by atoms with Crippen LogP contribution in [0.3, 0.4) is 0 Å². The number of rotatable bonds is 6. The molecule has 0 fully saturated rings. The topological polar surface area (TPSA) is 56.1 Å². The molecule has 3 rings (SSSR count). The van der Waals surface area contributed by atoms with Crippen LogP contribution in [0.1, 0.15) is 23.0 Å². The number of amides is 1. The van der Waals surface area contributed by atoms with E-state index in [1.54, 1.807) is 31.5 Å². The van der Waals surface area contributed by atoms with Gasteiger partial charge in [0.15, 0.2) is 0 Å². The van der Waals surface area contributed by atoms with Crippen LogP contribution in [0.2, 0.25) is 10.0 Å². The van der Waals surface area contributed by atoms with Crippen molar-refractivity contribution in [3.8, 4) is 5.75 Å². The van der Waals surface area contributed by atoms with Gasteiger partial charge in [-0.25, -0.2) is 4.98 Å². The van der Waals surface area contributed by atoms with Crippen LogP contribution < -0.4 is 10.1 Å². The predicted molar refractivity (Wildman–Crippen MR) is 106 cm³/mol. The van der Waals surface area contributed by atoms with Crippen molar-refractivity contribution < 1.29 is 9.53 Å². The lowest BCUT2D eigenvalue weighted by Gasteiger charge is -2.20. The fourth-order valence-corrected chi connectivity index (χ4v) is 3.27. The lowest BCUT2D eigenvalue weighted by atomic mass is 10.0. The second kappa shape index (κ2) is 8.46. The SMILES string of the molecule is COc1ccc([C@H](NC(=O)Cc2ccc(Cl)cc2Cl)c2nccn2C)cc1. The highest BCUT2D eigenvalue weighted by atomic mass is 35.5. The van der Waals surface area contributed by atoms with Crippen LogP contribution in [0, 0.1) is 0 Å². The number of imidazole rings is 1. The van der Waals surface area contributed by atoms with E-state index < -0.39 is 6.04 Å². The van der Waals surface area contributed by atoms with Gasteiger partial charge in [-0.15, -0.1) is 0 Å². The van der Waals surface area contributed by atoms with E-state index in [1.165, 1.54) is 0 Å². The van der Waals surface area contributed by atoms with Crippen LogP contribution in [-0.4, -0.2) is 22.6 Å². The molecular weight excluding hydrogens is 385 g/mol. The zero-order chi connectivity index (χ0) is 19.4. The van der Waals surface area contributed by atoms with Gasteiger partial charge in [-0.1, -0.05) is 41.4 Å². The molecular formula is C20H19Cl2N3O2. The van der Waals surface area contributed by atoms with Crippen LogP contribution in [0.25, 0.3) is 0 Å². The highest BCUT2D eigenvalue weighted by molar-refractivity contribution is 6.35. The summed E-state index contributed by atoms with van der Waals surface area (Å²) in [4.78, 5) is 17.1. The molecule has 3 aromatic rings. The highest BCUT2D eigenvalue weighted by Gasteiger charge is 2.21. The molecule has 1 amide bonds. The summed E-state index contributed by atoms with van der Waals surface area (Å²) in [6.45, 7) is 0. The molecule has 2 aromatic carbocycles. The third-order valence-electron chi connectivity index (χ3n) is 4.24. The quantitative estimate of drug-likeness (QED) is 0.671. The molecule has 27 heavy (non-hydrogen) atoms. The van der Waals surface area contributed by atoms with E-state index in [4.69, 9.17) is 27.9 Å². The molecule has 5 nitrogen and oxygen atoms in total. The van der Waals surface area contributed by atoms with Crippen LogP contribution >= 0.6 is 23.2 Å². The monoisotopic (exact) mass is 403 g/mol. The molecule has 140 valence electrons. The van der Waals surface area contributed by atoms with Gasteiger partial charge in [-0.05, 0) is 35.4 Å². The third-order valence-corrected chi connectivity index (χ3v) is 4.82. The van der Waals surface area contributed by atoms with Crippen molar-refractivity contribution in [2.24, 2.45) is 7.05 Å². The summed E-state index contributed by atoms with van der Waals surface area (Å²) in [5.74, 6) is 1.32. The summed E-state index contributed by atoms with van der Waals surface area (Å²) in [7, 11) is 3.50. The van der Waals surface area contributed by atoms with E-state index in [2.05, 4.69) is 10.3 Å². The first-order valence-corrected chi connectivity index (χ1v) is 9.08. The molecule has 0 bridgehead atoms. The Morgan fingerprint density at radius 1 is 1.22 bits per heavy atom. The van der Waals surface area contributed by atoms with Crippen molar-refractivity contribution in [3.05, 3.63) is 81.9 Å². The molecule has 0 aliphatic carbocycles. The van der Waals surface area contributed by atoms with Crippen LogP contribution in [0.5, 0.6) is 5.75 Å². The minimum atomic E-state index is -0.394. The smallest absolute Gasteiger partial charge is 0.225 e. The van der Waals surface area contributed by atoms with E-state index in [1.807, 2.05) is 42.1 Å². The minimum absolute atomic E-state index is 0.146. The number of aromatic nitrogens is 2. The first kappa shape index (κ1) is 19.3. The zero-order valence-electron chi connectivity index (χ0n) is 14.9. The van der Waals surface area contributed by atoms with Gasteiger partial charge in [-0.3, -0.25) is 4.79 Å².